The van der Waals surface area contributed by atoms with E-state index in [2.05, 4.69) is 5.10 Å². The van der Waals surface area contributed by atoms with Crippen LogP contribution in [-0.2, 0) is 31.0 Å². The molecular formula is C6H9N3O2S. The molecule has 1 heterocycles. The lowest BCUT2D eigenvalue weighted by Gasteiger charge is -1.99. The summed E-state index contributed by atoms with van der Waals surface area (Å²) in [5, 5.41) is 12.7. The molecule has 1 rings (SSSR count). The summed E-state index contributed by atoms with van der Waals surface area (Å²) in [5.41, 5.74) is 0. The molecule has 0 aromatic carbocycles. The summed E-state index contributed by atoms with van der Waals surface area (Å²) in [6, 6.07) is 0. The number of nitrogens with zero attached hydrogens (tertiary/aromatic N) is 3. The summed E-state index contributed by atoms with van der Waals surface area (Å²) in [7, 11) is 1.73. The number of hydrogen-bond acceptors (Lipinski definition) is 3. The van der Waals surface area contributed by atoms with Gasteiger partial charge in [-0.15, -0.1) is 4.68 Å². The van der Waals surface area contributed by atoms with Crippen LogP contribution in [0, 0.1) is 6.92 Å². The molecule has 12 heavy (non-hydrogen) atoms. The maximum Gasteiger partial charge on any atom is 0.338 e. The Morgan fingerprint density at radius 2 is 2.42 bits per heavy atom. The Bertz CT molecular complexity index is 321. The number of aromatic nitrogens is 3. The third-order valence-electron chi connectivity index (χ3n) is 1.62. The molecule has 0 fully saturated rings. The van der Waals surface area contributed by atoms with Crippen LogP contribution in [0.2, 0.25) is 0 Å². The fourth-order valence-electron chi connectivity index (χ4n) is 0.885. The first-order chi connectivity index (χ1) is 5.52. The summed E-state index contributed by atoms with van der Waals surface area (Å²) in [6.07, 6.45) is 0. The number of carboxylic acids is 1. The summed E-state index contributed by atoms with van der Waals surface area (Å²) in [4.78, 5) is 10.4. The molecule has 1 aromatic heterocycles. The predicted octanol–water partition coefficient (Wildman–Crippen LogP) is -0.994. The first kappa shape index (κ1) is 8.92. The highest BCUT2D eigenvalue weighted by Gasteiger charge is 2.13. The predicted molar refractivity (Wildman–Crippen MR) is 41.4 cm³/mol. The standard InChI is InChI=1S/C6H9N3O2S/c1-4-8(2)7-6(12)9(4)3-5(10)11/h3H2,1-2H3,(H-,7,10,11,12). The van der Waals surface area contributed by atoms with Crippen molar-refractivity contribution in [2.45, 2.75) is 18.6 Å². The summed E-state index contributed by atoms with van der Waals surface area (Å²) < 4.78 is 3.03. The van der Waals surface area contributed by atoms with Crippen LogP contribution in [0.15, 0.2) is 5.16 Å². The van der Waals surface area contributed by atoms with Gasteiger partial charge in [0.15, 0.2) is 11.7 Å². The molecule has 0 aliphatic heterocycles. The number of aryl methyl sites for hydroxylation is 1. The molecule has 0 bridgehead atoms. The normalized spacial score (nSPS) is 10.2. The van der Waals surface area contributed by atoms with Crippen LogP contribution in [0.5, 0.6) is 0 Å². The van der Waals surface area contributed by atoms with E-state index in [1.807, 2.05) is 0 Å². The first-order valence-corrected chi connectivity index (χ1v) is 3.75. The minimum atomic E-state index is -0.915. The average molecular weight is 187 g/mol. The second kappa shape index (κ2) is 3.06. The van der Waals surface area contributed by atoms with Crippen molar-refractivity contribution in [2.75, 3.05) is 0 Å². The molecule has 0 saturated heterocycles. The van der Waals surface area contributed by atoms with Crippen molar-refractivity contribution in [1.82, 2.24) is 9.78 Å². The second-order valence-electron chi connectivity index (χ2n) is 2.43. The van der Waals surface area contributed by atoms with Crippen LogP contribution in [-0.4, -0.2) is 20.9 Å². The van der Waals surface area contributed by atoms with E-state index in [9.17, 15) is 4.79 Å². The first-order valence-electron chi connectivity index (χ1n) is 3.34. The van der Waals surface area contributed by atoms with E-state index in [0.717, 1.165) is 5.82 Å². The fourth-order valence-corrected chi connectivity index (χ4v) is 1.20. The zero-order valence-corrected chi connectivity index (χ0v) is 7.63. The number of carboxylic acid groups (broad SMARTS) is 1. The fraction of sp³-hybridized carbons (Fsp3) is 0.500. The Kier molecular flexibility index (Phi) is 2.27. The molecule has 0 atom stereocenters. The van der Waals surface area contributed by atoms with Gasteiger partial charge in [-0.05, 0) is 0 Å². The molecule has 0 aliphatic carbocycles. The summed E-state index contributed by atoms with van der Waals surface area (Å²) >= 11 is 4.85. The van der Waals surface area contributed by atoms with E-state index in [1.165, 1.54) is 4.57 Å². The smallest absolute Gasteiger partial charge is 0.338 e. The highest BCUT2D eigenvalue weighted by Crippen LogP contribution is 1.90. The van der Waals surface area contributed by atoms with Crippen molar-refractivity contribution >= 4 is 18.6 Å². The SMILES string of the molecule is Cc1n(C)nc([S-])[n+]1CC(=O)O. The van der Waals surface area contributed by atoms with Gasteiger partial charge in [-0.3, -0.25) is 0 Å². The molecule has 0 aliphatic rings. The van der Waals surface area contributed by atoms with Crippen LogP contribution in [0.1, 0.15) is 5.82 Å². The Balaban J connectivity index is 3.05. The van der Waals surface area contributed by atoms with Gasteiger partial charge in [-0.2, -0.15) is 0 Å². The van der Waals surface area contributed by atoms with E-state index >= 15 is 0 Å². The number of carbonyl (C=O) groups is 1. The molecular weight excluding hydrogens is 178 g/mol. The molecule has 0 radical (unpaired) electrons. The number of hydrogen-bond donors (Lipinski definition) is 1. The van der Waals surface area contributed by atoms with Crippen molar-refractivity contribution in [1.29, 1.82) is 0 Å². The van der Waals surface area contributed by atoms with Crippen LogP contribution in [0.3, 0.4) is 0 Å². The topological polar surface area (TPSA) is 59.0 Å². The lowest BCUT2D eigenvalue weighted by atomic mass is 10.6. The zero-order chi connectivity index (χ0) is 9.30. The molecule has 66 valence electrons. The molecule has 1 aromatic rings. The lowest BCUT2D eigenvalue weighted by molar-refractivity contribution is -0.728. The minimum absolute atomic E-state index is 0.126. The van der Waals surface area contributed by atoms with E-state index in [-0.39, 0.29) is 6.54 Å². The van der Waals surface area contributed by atoms with Gasteiger partial charge in [0, 0.05) is 12.0 Å². The van der Waals surface area contributed by atoms with Gasteiger partial charge in [-0.25, -0.2) is 9.36 Å². The highest BCUT2D eigenvalue weighted by atomic mass is 32.1. The van der Waals surface area contributed by atoms with Gasteiger partial charge in [0.25, 0.3) is 0 Å². The zero-order valence-electron chi connectivity index (χ0n) is 6.81. The summed E-state index contributed by atoms with van der Waals surface area (Å²) in [6.45, 7) is 1.64. The van der Waals surface area contributed by atoms with Gasteiger partial charge < -0.3 is 17.7 Å². The van der Waals surface area contributed by atoms with E-state index in [1.54, 1.807) is 18.7 Å². The van der Waals surface area contributed by atoms with Crippen LogP contribution < -0.4 is 4.57 Å². The molecule has 0 unspecified atom stereocenters. The third-order valence-corrected chi connectivity index (χ3v) is 1.92. The average Bonchev–Trinajstić information content (AvgIpc) is 2.16. The van der Waals surface area contributed by atoms with Gasteiger partial charge in [0.05, 0.1) is 7.05 Å². The van der Waals surface area contributed by atoms with E-state index < -0.39 is 5.97 Å². The van der Waals surface area contributed by atoms with Gasteiger partial charge >= 0.3 is 5.97 Å². The molecule has 0 saturated carbocycles. The van der Waals surface area contributed by atoms with Crippen LogP contribution in [0.4, 0.5) is 0 Å². The maximum atomic E-state index is 10.4. The van der Waals surface area contributed by atoms with Crippen molar-refractivity contribution in [3.8, 4) is 0 Å². The largest absolute Gasteiger partial charge is 0.703 e. The van der Waals surface area contributed by atoms with E-state index in [0.29, 0.717) is 5.16 Å². The quantitative estimate of drug-likeness (QED) is 0.477. The Morgan fingerprint density at radius 1 is 1.83 bits per heavy atom. The third kappa shape index (κ3) is 1.53. The Labute approximate surface area is 75.0 Å². The molecule has 5 nitrogen and oxygen atoms in total. The minimum Gasteiger partial charge on any atom is -0.703 e. The van der Waals surface area contributed by atoms with E-state index in [4.69, 9.17) is 17.7 Å². The van der Waals surface area contributed by atoms with Gasteiger partial charge in [-0.1, -0.05) is 0 Å². The summed E-state index contributed by atoms with van der Waals surface area (Å²) in [5.74, 6) is -0.176. The maximum absolute atomic E-state index is 10.4. The van der Waals surface area contributed by atoms with Crippen molar-refractivity contribution < 1.29 is 14.5 Å². The lowest BCUT2D eigenvalue weighted by Crippen LogP contribution is -2.41. The van der Waals surface area contributed by atoms with Crippen LogP contribution >= 0.6 is 0 Å². The van der Waals surface area contributed by atoms with Crippen LogP contribution in [0.25, 0.3) is 0 Å². The molecule has 0 spiro atoms. The Morgan fingerprint density at radius 3 is 2.75 bits per heavy atom. The second-order valence-corrected chi connectivity index (χ2v) is 2.80. The highest BCUT2D eigenvalue weighted by molar-refractivity contribution is 7.58. The van der Waals surface area contributed by atoms with Crippen molar-refractivity contribution in [3.63, 3.8) is 0 Å². The Hall–Kier alpha value is -1.17. The molecule has 1 N–H and O–H groups in total. The number of rotatable bonds is 2. The molecule has 0 amide bonds. The van der Waals surface area contributed by atoms with Gasteiger partial charge in [0.2, 0.25) is 5.82 Å². The van der Waals surface area contributed by atoms with Crippen molar-refractivity contribution in [2.24, 2.45) is 7.05 Å². The molecule has 6 heteroatoms. The monoisotopic (exact) mass is 187 g/mol. The van der Waals surface area contributed by atoms with Gasteiger partial charge in [0.1, 0.15) is 0 Å². The van der Waals surface area contributed by atoms with Crippen molar-refractivity contribution in [3.05, 3.63) is 5.82 Å². The number of aliphatic carboxylic acids is 1.